The van der Waals surface area contributed by atoms with Crippen LogP contribution in [0.25, 0.3) is 10.9 Å². The van der Waals surface area contributed by atoms with Crippen LogP contribution in [0, 0.1) is 0 Å². The van der Waals surface area contributed by atoms with Crippen LogP contribution in [0.3, 0.4) is 0 Å². The standard InChI is InChI=1S/C19H20N2O3/c1-21(17-9-8-15(23-2)11-18(17)24-3)12-14-10-13-6-4-5-7-16(13)20-19(14)22/h4-11H,12H2,1-3H3,(H,20,22). The summed E-state index contributed by atoms with van der Waals surface area (Å²) in [7, 11) is 5.17. The maximum Gasteiger partial charge on any atom is 0.253 e. The maximum absolute atomic E-state index is 12.3. The molecule has 1 N–H and O–H groups in total. The third kappa shape index (κ3) is 3.06. The summed E-state index contributed by atoms with van der Waals surface area (Å²) in [4.78, 5) is 17.2. The molecule has 0 saturated heterocycles. The molecule has 0 amide bonds. The topological polar surface area (TPSA) is 54.6 Å². The zero-order chi connectivity index (χ0) is 17.1. The van der Waals surface area contributed by atoms with Gasteiger partial charge in [0.2, 0.25) is 0 Å². The van der Waals surface area contributed by atoms with Crippen molar-refractivity contribution in [2.24, 2.45) is 0 Å². The summed E-state index contributed by atoms with van der Waals surface area (Å²) >= 11 is 0. The van der Waals surface area contributed by atoms with Gasteiger partial charge >= 0.3 is 0 Å². The first-order valence-corrected chi connectivity index (χ1v) is 7.66. The fraction of sp³-hybridized carbons (Fsp3) is 0.211. The average Bonchev–Trinajstić information content (AvgIpc) is 2.61. The summed E-state index contributed by atoms with van der Waals surface area (Å²) in [5.41, 5.74) is 2.36. The lowest BCUT2D eigenvalue weighted by Crippen LogP contribution is -2.23. The number of nitrogens with one attached hydrogen (secondary N) is 1. The molecule has 5 nitrogen and oxygen atoms in total. The molecule has 24 heavy (non-hydrogen) atoms. The SMILES string of the molecule is COc1ccc(N(C)Cc2cc3ccccc3[nH]c2=O)c(OC)c1. The van der Waals surface area contributed by atoms with Crippen LogP contribution < -0.4 is 19.9 Å². The molecule has 1 heterocycles. The number of aromatic nitrogens is 1. The van der Waals surface area contributed by atoms with Gasteiger partial charge in [0.15, 0.2) is 0 Å². The molecule has 3 aromatic rings. The Hall–Kier alpha value is -2.95. The molecule has 0 bridgehead atoms. The Morgan fingerprint density at radius 2 is 1.83 bits per heavy atom. The van der Waals surface area contributed by atoms with E-state index in [1.807, 2.05) is 60.5 Å². The number of rotatable bonds is 5. The highest BCUT2D eigenvalue weighted by Gasteiger charge is 2.12. The first-order chi connectivity index (χ1) is 11.6. The minimum Gasteiger partial charge on any atom is -0.497 e. The van der Waals surface area contributed by atoms with Gasteiger partial charge in [-0.2, -0.15) is 0 Å². The highest BCUT2D eigenvalue weighted by molar-refractivity contribution is 5.78. The highest BCUT2D eigenvalue weighted by atomic mass is 16.5. The molecule has 0 aliphatic rings. The van der Waals surface area contributed by atoms with E-state index in [4.69, 9.17) is 9.47 Å². The van der Waals surface area contributed by atoms with Crippen LogP contribution in [0.5, 0.6) is 11.5 Å². The van der Waals surface area contributed by atoms with E-state index in [-0.39, 0.29) is 5.56 Å². The molecule has 0 radical (unpaired) electrons. The van der Waals surface area contributed by atoms with Gasteiger partial charge in [-0.15, -0.1) is 0 Å². The van der Waals surface area contributed by atoms with Crippen LogP contribution >= 0.6 is 0 Å². The van der Waals surface area contributed by atoms with E-state index in [0.29, 0.717) is 17.9 Å². The fourth-order valence-electron chi connectivity index (χ4n) is 2.75. The van der Waals surface area contributed by atoms with E-state index in [9.17, 15) is 4.79 Å². The molecule has 0 atom stereocenters. The summed E-state index contributed by atoms with van der Waals surface area (Å²) < 4.78 is 10.7. The van der Waals surface area contributed by atoms with E-state index < -0.39 is 0 Å². The Labute approximate surface area is 140 Å². The molecule has 5 heteroatoms. The molecule has 124 valence electrons. The second-order valence-electron chi connectivity index (χ2n) is 5.60. The Morgan fingerprint density at radius 3 is 2.58 bits per heavy atom. The van der Waals surface area contributed by atoms with Crippen molar-refractivity contribution >= 4 is 16.6 Å². The number of H-pyrrole nitrogens is 1. The quantitative estimate of drug-likeness (QED) is 0.783. The molecule has 0 saturated carbocycles. The number of ether oxygens (including phenoxy) is 2. The van der Waals surface area contributed by atoms with Crippen LogP contribution in [0.15, 0.2) is 53.3 Å². The predicted molar refractivity (Wildman–Crippen MR) is 96.2 cm³/mol. The van der Waals surface area contributed by atoms with E-state index in [2.05, 4.69) is 4.98 Å². The Balaban J connectivity index is 1.93. The molecule has 0 aliphatic heterocycles. The summed E-state index contributed by atoms with van der Waals surface area (Å²) in [6.07, 6.45) is 0. The molecule has 0 aliphatic carbocycles. The summed E-state index contributed by atoms with van der Waals surface area (Å²) in [5.74, 6) is 1.43. The van der Waals surface area contributed by atoms with E-state index in [0.717, 1.165) is 22.3 Å². The van der Waals surface area contributed by atoms with Crippen molar-refractivity contribution in [3.05, 3.63) is 64.4 Å². The molecule has 0 unspecified atom stereocenters. The maximum atomic E-state index is 12.3. The van der Waals surface area contributed by atoms with E-state index in [1.54, 1.807) is 14.2 Å². The summed E-state index contributed by atoms with van der Waals surface area (Å²) in [5, 5.41) is 1.02. The van der Waals surface area contributed by atoms with Crippen molar-refractivity contribution in [2.75, 3.05) is 26.2 Å². The van der Waals surface area contributed by atoms with Crippen LogP contribution in [0.2, 0.25) is 0 Å². The van der Waals surface area contributed by atoms with Crippen molar-refractivity contribution in [3.8, 4) is 11.5 Å². The lowest BCUT2D eigenvalue weighted by atomic mass is 10.1. The Morgan fingerprint density at radius 1 is 1.04 bits per heavy atom. The van der Waals surface area contributed by atoms with E-state index in [1.165, 1.54) is 0 Å². The second kappa shape index (κ2) is 6.66. The number of para-hydroxylation sites is 1. The lowest BCUT2D eigenvalue weighted by Gasteiger charge is -2.22. The van der Waals surface area contributed by atoms with Gasteiger partial charge in [-0.25, -0.2) is 0 Å². The van der Waals surface area contributed by atoms with E-state index >= 15 is 0 Å². The molecule has 0 fully saturated rings. The fourth-order valence-corrected chi connectivity index (χ4v) is 2.75. The monoisotopic (exact) mass is 324 g/mol. The Kier molecular flexibility index (Phi) is 4.42. The van der Waals surface area contributed by atoms with Crippen LogP contribution in [-0.4, -0.2) is 26.3 Å². The minimum atomic E-state index is -0.0759. The first kappa shape index (κ1) is 15.9. The normalized spacial score (nSPS) is 10.6. The van der Waals surface area contributed by atoms with Crippen molar-refractivity contribution in [3.63, 3.8) is 0 Å². The largest absolute Gasteiger partial charge is 0.497 e. The minimum absolute atomic E-state index is 0.0759. The van der Waals surface area contributed by atoms with Crippen molar-refractivity contribution in [2.45, 2.75) is 6.54 Å². The van der Waals surface area contributed by atoms with Gasteiger partial charge in [0.1, 0.15) is 11.5 Å². The number of hydrogen-bond acceptors (Lipinski definition) is 4. The van der Waals surface area contributed by atoms with Gasteiger partial charge < -0.3 is 19.4 Å². The van der Waals surface area contributed by atoms with Crippen LogP contribution in [0.1, 0.15) is 5.56 Å². The van der Waals surface area contributed by atoms with Gasteiger partial charge in [0.25, 0.3) is 5.56 Å². The van der Waals surface area contributed by atoms with Gasteiger partial charge in [-0.05, 0) is 29.7 Å². The Bertz CT molecular complexity index is 918. The second-order valence-corrected chi connectivity index (χ2v) is 5.60. The van der Waals surface area contributed by atoms with Gasteiger partial charge in [0.05, 0.1) is 19.9 Å². The number of hydrogen-bond donors (Lipinski definition) is 1. The number of benzene rings is 2. The van der Waals surface area contributed by atoms with Gasteiger partial charge in [0, 0.05) is 30.7 Å². The average molecular weight is 324 g/mol. The zero-order valence-electron chi connectivity index (χ0n) is 14.0. The molecular formula is C19H20N2O3. The zero-order valence-corrected chi connectivity index (χ0v) is 14.0. The number of aromatic amines is 1. The lowest BCUT2D eigenvalue weighted by molar-refractivity contribution is 0.394. The molecule has 3 rings (SSSR count). The van der Waals surface area contributed by atoms with Gasteiger partial charge in [-0.3, -0.25) is 4.79 Å². The number of methoxy groups -OCH3 is 2. The molecule has 2 aromatic carbocycles. The predicted octanol–water partition coefficient (Wildman–Crippen LogP) is 3.18. The van der Waals surface area contributed by atoms with Crippen molar-refractivity contribution < 1.29 is 9.47 Å². The van der Waals surface area contributed by atoms with Crippen LogP contribution in [-0.2, 0) is 6.54 Å². The third-order valence-corrected chi connectivity index (χ3v) is 4.04. The number of nitrogens with zero attached hydrogens (tertiary/aromatic N) is 1. The first-order valence-electron chi connectivity index (χ1n) is 7.66. The smallest absolute Gasteiger partial charge is 0.253 e. The summed E-state index contributed by atoms with van der Waals surface area (Å²) in [6, 6.07) is 15.3. The van der Waals surface area contributed by atoms with Crippen molar-refractivity contribution in [1.29, 1.82) is 0 Å². The highest BCUT2D eigenvalue weighted by Crippen LogP contribution is 2.32. The third-order valence-electron chi connectivity index (χ3n) is 4.04. The summed E-state index contributed by atoms with van der Waals surface area (Å²) in [6.45, 7) is 0.475. The van der Waals surface area contributed by atoms with Gasteiger partial charge in [-0.1, -0.05) is 18.2 Å². The number of anilines is 1. The molecule has 0 spiro atoms. The van der Waals surface area contributed by atoms with Crippen LogP contribution in [0.4, 0.5) is 5.69 Å². The molecule has 1 aromatic heterocycles. The molecular weight excluding hydrogens is 304 g/mol. The number of pyridine rings is 1. The van der Waals surface area contributed by atoms with Crippen molar-refractivity contribution in [1.82, 2.24) is 4.98 Å². The number of fused-ring (bicyclic) bond motifs is 1.